The van der Waals surface area contributed by atoms with Crippen LogP contribution in [0.2, 0.25) is 0 Å². The van der Waals surface area contributed by atoms with E-state index in [0.717, 1.165) is 11.9 Å². The van der Waals surface area contributed by atoms with Gasteiger partial charge in [-0.15, -0.1) is 0 Å². The Bertz CT molecular complexity index is 889. The molecule has 2 aromatic heterocycles. The van der Waals surface area contributed by atoms with E-state index in [4.69, 9.17) is 4.74 Å². The number of ether oxygens (including phenoxy) is 1. The highest BCUT2D eigenvalue weighted by Crippen LogP contribution is 2.35. The number of sulfone groups is 1. The first-order valence-electron chi connectivity index (χ1n) is 6.66. The largest absolute Gasteiger partial charge is 0.488 e. The molecule has 7 nitrogen and oxygen atoms in total. The van der Waals surface area contributed by atoms with Crippen molar-refractivity contribution in [3.63, 3.8) is 0 Å². The lowest BCUT2D eigenvalue weighted by Gasteiger charge is -2.30. The smallest absolute Gasteiger partial charge is 0.250 e. The summed E-state index contributed by atoms with van der Waals surface area (Å²) >= 11 is 0. The summed E-state index contributed by atoms with van der Waals surface area (Å²) in [7, 11) is -3.36. The van der Waals surface area contributed by atoms with Crippen LogP contribution in [0.25, 0.3) is 0 Å². The number of fused-ring (bicyclic) bond motifs is 1. The Hall–Kier alpha value is -2.35. The zero-order valence-corrected chi connectivity index (χ0v) is 13.0. The van der Waals surface area contributed by atoms with Crippen LogP contribution in [0.1, 0.15) is 5.56 Å². The van der Waals surface area contributed by atoms with Gasteiger partial charge in [-0.3, -0.25) is 4.79 Å². The van der Waals surface area contributed by atoms with Gasteiger partial charge in [-0.25, -0.2) is 13.4 Å². The number of aryl methyl sites for hydroxylation is 1. The molecular formula is C14H15N3O4S. The summed E-state index contributed by atoms with van der Waals surface area (Å²) in [6.07, 6.45) is 4.15. The van der Waals surface area contributed by atoms with Crippen molar-refractivity contribution in [3.8, 4) is 5.75 Å². The summed E-state index contributed by atoms with van der Waals surface area (Å²) in [5.74, 6) is 0.579. The highest BCUT2D eigenvalue weighted by atomic mass is 32.2. The maximum absolute atomic E-state index is 11.6. The molecule has 0 unspecified atom stereocenters. The SMILES string of the molecule is Cc1cc(N2CCOc3c[nH]c(=O)cc32)cnc1S(C)(=O)=O. The number of anilines is 2. The van der Waals surface area contributed by atoms with Gasteiger partial charge in [0.05, 0.1) is 24.1 Å². The van der Waals surface area contributed by atoms with E-state index in [1.54, 1.807) is 13.0 Å². The van der Waals surface area contributed by atoms with Gasteiger partial charge in [0, 0.05) is 18.5 Å². The van der Waals surface area contributed by atoms with E-state index >= 15 is 0 Å². The molecule has 3 rings (SSSR count). The third kappa shape index (κ3) is 2.57. The van der Waals surface area contributed by atoms with Gasteiger partial charge in [-0.2, -0.15) is 0 Å². The highest BCUT2D eigenvalue weighted by Gasteiger charge is 2.22. The lowest BCUT2D eigenvalue weighted by atomic mass is 10.2. The summed E-state index contributed by atoms with van der Waals surface area (Å²) in [6.45, 7) is 2.72. The first-order chi connectivity index (χ1) is 10.4. The van der Waals surface area contributed by atoms with Gasteiger partial charge >= 0.3 is 0 Å². The Morgan fingerprint density at radius 2 is 2.14 bits per heavy atom. The van der Waals surface area contributed by atoms with Gasteiger partial charge in [-0.1, -0.05) is 0 Å². The van der Waals surface area contributed by atoms with Crippen molar-refractivity contribution in [1.29, 1.82) is 0 Å². The number of aromatic amines is 1. The molecule has 0 spiro atoms. The van der Waals surface area contributed by atoms with Crippen molar-refractivity contribution in [2.24, 2.45) is 0 Å². The fourth-order valence-corrected chi connectivity index (χ4v) is 3.38. The van der Waals surface area contributed by atoms with E-state index in [9.17, 15) is 13.2 Å². The van der Waals surface area contributed by atoms with Crippen LogP contribution in [-0.4, -0.2) is 37.8 Å². The summed E-state index contributed by atoms with van der Waals surface area (Å²) in [4.78, 5) is 20.1. The van der Waals surface area contributed by atoms with Gasteiger partial charge in [0.2, 0.25) is 5.56 Å². The predicted molar refractivity (Wildman–Crippen MR) is 81.6 cm³/mol. The number of H-pyrrole nitrogens is 1. The van der Waals surface area contributed by atoms with Crippen molar-refractivity contribution < 1.29 is 13.2 Å². The van der Waals surface area contributed by atoms with E-state index in [1.165, 1.54) is 18.5 Å². The normalized spacial score (nSPS) is 14.4. The van der Waals surface area contributed by atoms with Crippen LogP contribution < -0.4 is 15.2 Å². The second-order valence-electron chi connectivity index (χ2n) is 5.13. The quantitative estimate of drug-likeness (QED) is 0.887. The molecule has 0 saturated carbocycles. The van der Waals surface area contributed by atoms with Gasteiger partial charge in [0.25, 0.3) is 0 Å². The van der Waals surface area contributed by atoms with E-state index in [0.29, 0.717) is 30.2 Å². The Balaban J connectivity index is 2.09. The molecule has 0 atom stereocenters. The molecule has 2 aromatic rings. The number of hydrogen-bond acceptors (Lipinski definition) is 6. The van der Waals surface area contributed by atoms with Crippen LogP contribution in [0.3, 0.4) is 0 Å². The molecule has 8 heteroatoms. The predicted octanol–water partition coefficient (Wildman–Crippen LogP) is 1.01. The maximum Gasteiger partial charge on any atom is 0.250 e. The molecule has 0 radical (unpaired) electrons. The van der Waals surface area contributed by atoms with Crippen LogP contribution in [0.15, 0.2) is 34.3 Å². The topological polar surface area (TPSA) is 92.4 Å². The second kappa shape index (κ2) is 5.13. The standard InChI is InChI=1S/C14H15N3O4S/c1-9-5-10(7-16-14(9)22(2,19)20)17-3-4-21-12-8-15-13(18)6-11(12)17/h5-8H,3-4H2,1-2H3,(H,15,18). The zero-order valence-electron chi connectivity index (χ0n) is 12.2. The molecule has 116 valence electrons. The van der Waals surface area contributed by atoms with Gasteiger partial charge in [-0.05, 0) is 18.6 Å². The van der Waals surface area contributed by atoms with E-state index < -0.39 is 9.84 Å². The van der Waals surface area contributed by atoms with E-state index in [-0.39, 0.29) is 10.6 Å². The Kier molecular flexibility index (Phi) is 3.40. The van der Waals surface area contributed by atoms with Gasteiger partial charge < -0.3 is 14.6 Å². The molecule has 0 aliphatic carbocycles. The summed E-state index contributed by atoms with van der Waals surface area (Å²) < 4.78 is 28.8. The number of nitrogens with zero attached hydrogens (tertiary/aromatic N) is 2. The van der Waals surface area contributed by atoms with Crippen molar-refractivity contribution in [1.82, 2.24) is 9.97 Å². The zero-order chi connectivity index (χ0) is 15.9. The molecular weight excluding hydrogens is 306 g/mol. The fourth-order valence-electron chi connectivity index (χ4n) is 2.49. The minimum atomic E-state index is -3.36. The summed E-state index contributed by atoms with van der Waals surface area (Å²) in [5, 5.41) is 0.0654. The number of rotatable bonds is 2. The third-order valence-corrected chi connectivity index (χ3v) is 4.54. The van der Waals surface area contributed by atoms with Crippen LogP contribution in [0.4, 0.5) is 11.4 Å². The molecule has 0 amide bonds. The molecule has 3 heterocycles. The third-order valence-electron chi connectivity index (χ3n) is 3.41. The maximum atomic E-state index is 11.6. The number of hydrogen-bond donors (Lipinski definition) is 1. The second-order valence-corrected chi connectivity index (χ2v) is 7.07. The lowest BCUT2D eigenvalue weighted by molar-refractivity contribution is 0.312. The molecule has 1 aliphatic rings. The monoisotopic (exact) mass is 321 g/mol. The molecule has 1 aliphatic heterocycles. The number of aromatic nitrogens is 2. The minimum absolute atomic E-state index is 0.0654. The molecule has 0 fully saturated rings. The first kappa shape index (κ1) is 14.6. The molecule has 0 bridgehead atoms. The van der Waals surface area contributed by atoms with Crippen LogP contribution in [0, 0.1) is 6.92 Å². The van der Waals surface area contributed by atoms with E-state index in [2.05, 4.69) is 9.97 Å². The van der Waals surface area contributed by atoms with Crippen LogP contribution >= 0.6 is 0 Å². The number of nitrogens with one attached hydrogen (secondary N) is 1. The van der Waals surface area contributed by atoms with Crippen LogP contribution in [0.5, 0.6) is 5.75 Å². The average Bonchev–Trinajstić information content (AvgIpc) is 2.45. The summed E-state index contributed by atoms with van der Waals surface area (Å²) in [5.41, 5.74) is 1.70. The Morgan fingerprint density at radius 3 is 2.82 bits per heavy atom. The molecule has 0 aromatic carbocycles. The van der Waals surface area contributed by atoms with Crippen molar-refractivity contribution in [2.75, 3.05) is 24.3 Å². The van der Waals surface area contributed by atoms with Gasteiger partial charge in [0.15, 0.2) is 20.6 Å². The van der Waals surface area contributed by atoms with Crippen molar-refractivity contribution in [3.05, 3.63) is 40.4 Å². The Morgan fingerprint density at radius 1 is 1.36 bits per heavy atom. The molecule has 0 saturated heterocycles. The highest BCUT2D eigenvalue weighted by molar-refractivity contribution is 7.90. The number of pyridine rings is 2. The summed E-state index contributed by atoms with van der Waals surface area (Å²) in [6, 6.07) is 3.20. The van der Waals surface area contributed by atoms with Crippen molar-refractivity contribution >= 4 is 21.2 Å². The minimum Gasteiger partial charge on any atom is -0.488 e. The average molecular weight is 321 g/mol. The Labute approximate surface area is 127 Å². The fraction of sp³-hybridized carbons (Fsp3) is 0.286. The lowest BCUT2D eigenvalue weighted by Crippen LogP contribution is -2.30. The van der Waals surface area contributed by atoms with Crippen LogP contribution in [-0.2, 0) is 9.84 Å². The van der Waals surface area contributed by atoms with Crippen molar-refractivity contribution in [2.45, 2.75) is 11.9 Å². The molecule has 22 heavy (non-hydrogen) atoms. The van der Waals surface area contributed by atoms with Gasteiger partial charge in [0.1, 0.15) is 6.61 Å². The first-order valence-corrected chi connectivity index (χ1v) is 8.55. The van der Waals surface area contributed by atoms with E-state index in [1.807, 2.05) is 4.90 Å². The molecule has 1 N–H and O–H groups in total.